The molecule has 0 saturated carbocycles. The second kappa shape index (κ2) is 8.35. The van der Waals surface area contributed by atoms with Gasteiger partial charge >= 0.3 is 0 Å². The van der Waals surface area contributed by atoms with Gasteiger partial charge in [0.25, 0.3) is 0 Å². The number of amides is 2. The number of nitrogens with one attached hydrogen (secondary N) is 1. The summed E-state index contributed by atoms with van der Waals surface area (Å²) in [5.41, 5.74) is 1.62. The van der Waals surface area contributed by atoms with Crippen LogP contribution in [-0.2, 0) is 9.59 Å². The zero-order valence-corrected chi connectivity index (χ0v) is 17.2. The second-order valence-corrected chi connectivity index (χ2v) is 8.32. The fourth-order valence-electron chi connectivity index (χ4n) is 4.17. The highest BCUT2D eigenvalue weighted by Gasteiger charge is 2.29. The molecule has 1 aromatic carbocycles. The third kappa shape index (κ3) is 4.18. The highest BCUT2D eigenvalue weighted by Crippen LogP contribution is 2.29. The van der Waals surface area contributed by atoms with E-state index in [-0.39, 0.29) is 23.7 Å². The number of hydrogen-bond donors (Lipinski definition) is 1. The van der Waals surface area contributed by atoms with Gasteiger partial charge in [0, 0.05) is 38.0 Å². The Labute approximate surface area is 171 Å². The lowest BCUT2D eigenvalue weighted by molar-refractivity contribution is -0.137. The molecule has 2 aliphatic heterocycles. The van der Waals surface area contributed by atoms with Crippen LogP contribution in [-0.4, -0.2) is 52.9 Å². The Kier molecular flexibility index (Phi) is 5.65. The summed E-state index contributed by atoms with van der Waals surface area (Å²) < 4.78 is 0. The van der Waals surface area contributed by atoms with Crippen molar-refractivity contribution >= 4 is 34.5 Å². The number of carbonyl (C=O) groups is 2. The van der Waals surface area contributed by atoms with Gasteiger partial charge in [-0.25, -0.2) is 9.97 Å². The van der Waals surface area contributed by atoms with Crippen LogP contribution in [0.5, 0.6) is 0 Å². The van der Waals surface area contributed by atoms with Crippen molar-refractivity contribution in [3.8, 4) is 0 Å². The Balaban J connectivity index is 1.50. The van der Waals surface area contributed by atoms with E-state index in [1.807, 2.05) is 43.0 Å². The summed E-state index contributed by atoms with van der Waals surface area (Å²) in [5, 5.41) is 3.06. The van der Waals surface area contributed by atoms with Gasteiger partial charge in [0.1, 0.15) is 0 Å². The molecule has 0 spiro atoms. The number of fused-ring (bicyclic) bond motifs is 1. The molecule has 0 aliphatic carbocycles. The van der Waals surface area contributed by atoms with Crippen LogP contribution in [0.2, 0.25) is 0 Å². The lowest BCUT2D eigenvalue weighted by Crippen LogP contribution is -2.43. The minimum Gasteiger partial charge on any atom is -0.354 e. The van der Waals surface area contributed by atoms with E-state index in [0.29, 0.717) is 31.7 Å². The number of aromatic nitrogens is 2. The molecule has 7 heteroatoms. The smallest absolute Gasteiger partial charge is 0.228 e. The number of piperidine rings is 1. The molecule has 0 unspecified atom stereocenters. The van der Waals surface area contributed by atoms with Crippen molar-refractivity contribution in [2.24, 2.45) is 11.8 Å². The predicted molar refractivity (Wildman–Crippen MR) is 114 cm³/mol. The van der Waals surface area contributed by atoms with Crippen LogP contribution in [0.15, 0.2) is 24.3 Å². The zero-order valence-electron chi connectivity index (χ0n) is 17.2. The van der Waals surface area contributed by atoms with Crippen molar-refractivity contribution < 1.29 is 9.59 Å². The Morgan fingerprint density at radius 3 is 2.24 bits per heavy atom. The maximum absolute atomic E-state index is 13.0. The van der Waals surface area contributed by atoms with E-state index in [4.69, 9.17) is 9.97 Å². The Hall–Kier alpha value is -2.70. The average Bonchev–Trinajstić information content (AvgIpc) is 3.27. The van der Waals surface area contributed by atoms with Gasteiger partial charge in [-0.3, -0.25) is 9.59 Å². The number of likely N-dealkylation sites (tertiary alicyclic amines) is 1. The highest BCUT2D eigenvalue weighted by molar-refractivity contribution is 5.95. The number of nitrogens with zero attached hydrogens (tertiary/aromatic N) is 4. The number of rotatable bonds is 4. The van der Waals surface area contributed by atoms with Gasteiger partial charge in [0.05, 0.1) is 11.0 Å². The molecule has 0 bridgehead atoms. The van der Waals surface area contributed by atoms with E-state index >= 15 is 0 Å². The Morgan fingerprint density at radius 2 is 1.62 bits per heavy atom. The summed E-state index contributed by atoms with van der Waals surface area (Å²) in [4.78, 5) is 38.8. The third-order valence-electron chi connectivity index (χ3n) is 5.87. The summed E-state index contributed by atoms with van der Waals surface area (Å²) >= 11 is 0. The third-order valence-corrected chi connectivity index (χ3v) is 5.87. The van der Waals surface area contributed by atoms with Crippen molar-refractivity contribution in [1.82, 2.24) is 14.9 Å². The van der Waals surface area contributed by atoms with Crippen molar-refractivity contribution in [1.29, 1.82) is 0 Å². The van der Waals surface area contributed by atoms with E-state index in [1.54, 1.807) is 0 Å². The molecule has 0 radical (unpaired) electrons. The molecule has 2 saturated heterocycles. The molecular formula is C22H29N5O2. The van der Waals surface area contributed by atoms with Crippen LogP contribution in [0.4, 0.5) is 11.6 Å². The summed E-state index contributed by atoms with van der Waals surface area (Å²) in [6, 6.07) is 7.76. The normalized spacial score (nSPS) is 17.9. The standard InChI is InChI=1S/C22H29N5O2/c1-15(2)22(29)27-13-9-16(10-14-27)21(28)25-19-20(26-11-5-6-12-26)24-18-8-4-3-7-17(18)23-19/h3-4,7-8,15-16H,5-6,9-14H2,1-2H3,(H,23,25,28). The molecule has 1 aromatic heterocycles. The largest absolute Gasteiger partial charge is 0.354 e. The Morgan fingerprint density at radius 1 is 1.00 bits per heavy atom. The summed E-state index contributed by atoms with van der Waals surface area (Å²) in [6.45, 7) is 6.98. The van der Waals surface area contributed by atoms with Crippen molar-refractivity contribution in [3.63, 3.8) is 0 Å². The molecule has 3 heterocycles. The van der Waals surface area contributed by atoms with Crippen molar-refractivity contribution in [2.45, 2.75) is 39.5 Å². The van der Waals surface area contributed by atoms with Gasteiger partial charge in [-0.05, 0) is 37.8 Å². The van der Waals surface area contributed by atoms with Gasteiger partial charge in [0.15, 0.2) is 11.6 Å². The number of carbonyl (C=O) groups excluding carboxylic acids is 2. The number of anilines is 2. The van der Waals surface area contributed by atoms with E-state index < -0.39 is 0 Å². The highest BCUT2D eigenvalue weighted by atomic mass is 16.2. The topological polar surface area (TPSA) is 78.4 Å². The molecule has 7 nitrogen and oxygen atoms in total. The average molecular weight is 396 g/mol. The minimum absolute atomic E-state index is 0.00345. The van der Waals surface area contributed by atoms with E-state index in [1.165, 1.54) is 0 Å². The first-order chi connectivity index (χ1) is 14.0. The van der Waals surface area contributed by atoms with E-state index in [2.05, 4.69) is 10.2 Å². The molecule has 0 atom stereocenters. The lowest BCUT2D eigenvalue weighted by atomic mass is 9.95. The second-order valence-electron chi connectivity index (χ2n) is 8.32. The van der Waals surface area contributed by atoms with Gasteiger partial charge < -0.3 is 15.1 Å². The minimum atomic E-state index is -0.106. The fraction of sp³-hybridized carbons (Fsp3) is 0.545. The molecule has 2 amide bonds. The molecule has 4 rings (SSSR count). The number of para-hydroxylation sites is 2. The van der Waals surface area contributed by atoms with Crippen LogP contribution in [0.3, 0.4) is 0 Å². The van der Waals surface area contributed by atoms with Crippen LogP contribution in [0.25, 0.3) is 11.0 Å². The summed E-state index contributed by atoms with van der Waals surface area (Å²) in [6.07, 6.45) is 3.63. The Bertz CT molecular complexity index is 899. The molecular weight excluding hydrogens is 366 g/mol. The monoisotopic (exact) mass is 395 g/mol. The SMILES string of the molecule is CC(C)C(=O)N1CCC(C(=O)Nc2nc3ccccc3nc2N2CCCC2)CC1. The van der Waals surface area contributed by atoms with Crippen LogP contribution < -0.4 is 10.2 Å². The lowest BCUT2D eigenvalue weighted by Gasteiger charge is -2.32. The van der Waals surface area contributed by atoms with Gasteiger partial charge in [-0.1, -0.05) is 26.0 Å². The molecule has 2 fully saturated rings. The molecule has 154 valence electrons. The molecule has 1 N–H and O–H groups in total. The fourth-order valence-corrected chi connectivity index (χ4v) is 4.17. The number of hydrogen-bond acceptors (Lipinski definition) is 5. The van der Waals surface area contributed by atoms with Crippen LogP contribution in [0.1, 0.15) is 39.5 Å². The van der Waals surface area contributed by atoms with Crippen LogP contribution >= 0.6 is 0 Å². The van der Waals surface area contributed by atoms with Crippen molar-refractivity contribution in [2.75, 3.05) is 36.4 Å². The van der Waals surface area contributed by atoms with Crippen molar-refractivity contribution in [3.05, 3.63) is 24.3 Å². The molecule has 2 aromatic rings. The van der Waals surface area contributed by atoms with Gasteiger partial charge in [0.2, 0.25) is 11.8 Å². The summed E-state index contributed by atoms with van der Waals surface area (Å²) in [5.74, 6) is 1.35. The first-order valence-electron chi connectivity index (χ1n) is 10.6. The predicted octanol–water partition coefficient (Wildman–Crippen LogP) is 3.06. The number of benzene rings is 1. The first-order valence-corrected chi connectivity index (χ1v) is 10.6. The zero-order chi connectivity index (χ0) is 20.4. The van der Waals surface area contributed by atoms with Crippen LogP contribution in [0, 0.1) is 11.8 Å². The maximum atomic E-state index is 13.0. The van der Waals surface area contributed by atoms with E-state index in [9.17, 15) is 9.59 Å². The summed E-state index contributed by atoms with van der Waals surface area (Å²) in [7, 11) is 0. The van der Waals surface area contributed by atoms with Gasteiger partial charge in [-0.15, -0.1) is 0 Å². The quantitative estimate of drug-likeness (QED) is 0.861. The van der Waals surface area contributed by atoms with Gasteiger partial charge in [-0.2, -0.15) is 0 Å². The maximum Gasteiger partial charge on any atom is 0.228 e. The molecule has 29 heavy (non-hydrogen) atoms. The first kappa shape index (κ1) is 19.6. The van der Waals surface area contributed by atoms with E-state index in [0.717, 1.165) is 42.8 Å². The molecule has 2 aliphatic rings.